The molecule has 2 aromatic rings. The molecule has 0 aliphatic rings. The lowest BCUT2D eigenvalue weighted by Crippen LogP contribution is -2.34. The molecule has 0 unspecified atom stereocenters. The minimum Gasteiger partial charge on any atom is -0.327 e. The first kappa shape index (κ1) is 18.8. The number of nitrogens with one attached hydrogen (secondary N) is 2. The summed E-state index contributed by atoms with van der Waals surface area (Å²) in [6, 6.07) is 11.3. The maximum absolute atomic E-state index is 12.2. The molecule has 25 heavy (non-hydrogen) atoms. The van der Waals surface area contributed by atoms with Crippen LogP contribution in [0.2, 0.25) is 5.02 Å². The number of rotatable bonds is 4. The summed E-state index contributed by atoms with van der Waals surface area (Å²) in [5, 5.41) is 16.4. The van der Waals surface area contributed by atoms with E-state index in [-0.39, 0.29) is 21.5 Å². The topological polar surface area (TPSA) is 84.3 Å². The number of hydrogen-bond donors (Lipinski definition) is 2. The predicted molar refractivity (Wildman–Crippen MR) is 102 cm³/mol. The van der Waals surface area contributed by atoms with E-state index < -0.39 is 10.8 Å². The molecule has 6 nitrogen and oxygen atoms in total. The lowest BCUT2D eigenvalue weighted by atomic mass is 10.0. The Labute approximate surface area is 155 Å². The van der Waals surface area contributed by atoms with Crippen molar-refractivity contribution < 1.29 is 9.72 Å². The number of carbonyl (C=O) groups is 1. The van der Waals surface area contributed by atoms with Gasteiger partial charge in [0.2, 0.25) is 0 Å². The zero-order valence-electron chi connectivity index (χ0n) is 13.6. The van der Waals surface area contributed by atoms with Gasteiger partial charge in [-0.15, -0.1) is 0 Å². The number of nitrogens with zero attached hydrogens (tertiary/aromatic N) is 1. The third-order valence-corrected chi connectivity index (χ3v) is 3.91. The Hall–Kier alpha value is -2.51. The largest absolute Gasteiger partial charge is 0.327 e. The van der Waals surface area contributed by atoms with E-state index in [0.29, 0.717) is 11.5 Å². The molecular weight excluding hydrogens is 362 g/mol. The van der Waals surface area contributed by atoms with Crippen molar-refractivity contribution in [3.63, 3.8) is 0 Å². The van der Waals surface area contributed by atoms with E-state index in [9.17, 15) is 14.9 Å². The standard InChI is InChI=1S/C17H16ClN3O3S/c1-10(2)11-3-5-12(6-4-11)16(22)20-17(25)19-14-8-7-13(18)9-15(14)21(23)24/h3-10H,1-2H3,(H2,19,20,22,25). The second-order valence-electron chi connectivity index (χ2n) is 5.60. The highest BCUT2D eigenvalue weighted by Gasteiger charge is 2.16. The molecule has 0 aliphatic heterocycles. The van der Waals surface area contributed by atoms with Crippen molar-refractivity contribution in [3.8, 4) is 0 Å². The van der Waals surface area contributed by atoms with E-state index in [1.807, 2.05) is 12.1 Å². The van der Waals surface area contributed by atoms with Crippen LogP contribution in [0.1, 0.15) is 35.7 Å². The Morgan fingerprint density at radius 3 is 2.40 bits per heavy atom. The fourth-order valence-corrected chi connectivity index (χ4v) is 2.48. The number of halogens is 1. The highest BCUT2D eigenvalue weighted by atomic mass is 35.5. The maximum atomic E-state index is 12.2. The van der Waals surface area contributed by atoms with Crippen molar-refractivity contribution in [3.05, 3.63) is 68.7 Å². The van der Waals surface area contributed by atoms with E-state index in [0.717, 1.165) is 5.56 Å². The highest BCUT2D eigenvalue weighted by molar-refractivity contribution is 7.80. The van der Waals surface area contributed by atoms with Crippen molar-refractivity contribution in [2.24, 2.45) is 0 Å². The lowest BCUT2D eigenvalue weighted by Gasteiger charge is -2.11. The van der Waals surface area contributed by atoms with E-state index in [1.54, 1.807) is 12.1 Å². The zero-order valence-corrected chi connectivity index (χ0v) is 15.1. The molecule has 0 spiro atoms. The summed E-state index contributed by atoms with van der Waals surface area (Å²) in [5.41, 5.74) is 1.48. The number of carbonyl (C=O) groups excluding carboxylic acids is 1. The van der Waals surface area contributed by atoms with Crippen LogP contribution in [0.25, 0.3) is 0 Å². The van der Waals surface area contributed by atoms with Crippen LogP contribution < -0.4 is 10.6 Å². The average molecular weight is 378 g/mol. The van der Waals surface area contributed by atoms with E-state index in [1.165, 1.54) is 18.2 Å². The summed E-state index contributed by atoms with van der Waals surface area (Å²) in [7, 11) is 0. The van der Waals surface area contributed by atoms with Gasteiger partial charge in [0.15, 0.2) is 5.11 Å². The van der Waals surface area contributed by atoms with E-state index in [2.05, 4.69) is 24.5 Å². The molecule has 0 saturated carbocycles. The molecule has 0 heterocycles. The Bertz CT molecular complexity index is 822. The Morgan fingerprint density at radius 2 is 1.84 bits per heavy atom. The van der Waals surface area contributed by atoms with Crippen LogP contribution in [0.5, 0.6) is 0 Å². The first-order valence-electron chi connectivity index (χ1n) is 7.44. The summed E-state index contributed by atoms with van der Waals surface area (Å²) in [5.74, 6) is -0.0327. The fourth-order valence-electron chi connectivity index (χ4n) is 2.11. The molecule has 0 fully saturated rings. The number of amides is 1. The molecular formula is C17H16ClN3O3S. The molecule has 0 bridgehead atoms. The van der Waals surface area contributed by atoms with Crippen molar-refractivity contribution in [2.45, 2.75) is 19.8 Å². The van der Waals surface area contributed by atoms with Gasteiger partial charge in [0.05, 0.1) is 4.92 Å². The van der Waals surface area contributed by atoms with Crippen molar-refractivity contribution in [1.82, 2.24) is 5.32 Å². The van der Waals surface area contributed by atoms with Crippen LogP contribution >= 0.6 is 23.8 Å². The predicted octanol–water partition coefficient (Wildman–Crippen LogP) is 4.50. The van der Waals surface area contributed by atoms with Gasteiger partial charge in [-0.25, -0.2) is 0 Å². The molecule has 130 valence electrons. The maximum Gasteiger partial charge on any atom is 0.294 e. The van der Waals surface area contributed by atoms with Gasteiger partial charge in [0.25, 0.3) is 11.6 Å². The van der Waals surface area contributed by atoms with Gasteiger partial charge in [-0.1, -0.05) is 37.6 Å². The first-order chi connectivity index (χ1) is 11.8. The third-order valence-electron chi connectivity index (χ3n) is 3.47. The summed E-state index contributed by atoms with van der Waals surface area (Å²) >= 11 is 10.8. The number of anilines is 1. The molecule has 0 aromatic heterocycles. The average Bonchev–Trinajstić information content (AvgIpc) is 2.56. The van der Waals surface area contributed by atoms with Gasteiger partial charge in [-0.05, 0) is 48.0 Å². The molecule has 1 amide bonds. The van der Waals surface area contributed by atoms with Crippen LogP contribution in [-0.4, -0.2) is 15.9 Å². The van der Waals surface area contributed by atoms with Gasteiger partial charge < -0.3 is 5.32 Å². The second-order valence-corrected chi connectivity index (χ2v) is 6.45. The number of nitro benzene ring substituents is 1. The summed E-state index contributed by atoms with van der Waals surface area (Å²) in [6.07, 6.45) is 0. The molecule has 0 atom stereocenters. The van der Waals surface area contributed by atoms with Crippen LogP contribution in [-0.2, 0) is 0 Å². The van der Waals surface area contributed by atoms with Gasteiger partial charge in [0, 0.05) is 16.7 Å². The van der Waals surface area contributed by atoms with Crippen molar-refractivity contribution in [2.75, 3.05) is 5.32 Å². The number of benzene rings is 2. The van der Waals surface area contributed by atoms with Crippen LogP contribution in [0.15, 0.2) is 42.5 Å². The Balaban J connectivity index is 2.07. The Kier molecular flexibility index (Phi) is 6.06. The highest BCUT2D eigenvalue weighted by Crippen LogP contribution is 2.27. The molecule has 2 rings (SSSR count). The molecule has 0 aliphatic carbocycles. The zero-order chi connectivity index (χ0) is 18.6. The second kappa shape index (κ2) is 8.04. The number of nitro groups is 1. The SMILES string of the molecule is CC(C)c1ccc(C(=O)NC(=S)Nc2ccc(Cl)cc2[N+](=O)[O-])cc1. The van der Waals surface area contributed by atoms with Crippen LogP contribution in [0, 0.1) is 10.1 Å². The first-order valence-corrected chi connectivity index (χ1v) is 8.22. The fraction of sp³-hybridized carbons (Fsp3) is 0.176. The monoisotopic (exact) mass is 377 g/mol. The summed E-state index contributed by atoms with van der Waals surface area (Å²) in [4.78, 5) is 22.7. The molecule has 8 heteroatoms. The van der Waals surface area contributed by atoms with Crippen LogP contribution in [0.4, 0.5) is 11.4 Å². The van der Waals surface area contributed by atoms with Gasteiger partial charge in [-0.2, -0.15) is 0 Å². The normalized spacial score (nSPS) is 10.4. The third kappa shape index (κ3) is 4.98. The van der Waals surface area contributed by atoms with Crippen molar-refractivity contribution >= 4 is 46.2 Å². The molecule has 2 N–H and O–H groups in total. The van der Waals surface area contributed by atoms with Gasteiger partial charge in [0.1, 0.15) is 5.69 Å². The summed E-state index contributed by atoms with van der Waals surface area (Å²) in [6.45, 7) is 4.13. The quantitative estimate of drug-likeness (QED) is 0.465. The summed E-state index contributed by atoms with van der Waals surface area (Å²) < 4.78 is 0. The molecule has 2 aromatic carbocycles. The minimum atomic E-state index is -0.580. The minimum absolute atomic E-state index is 0.0386. The number of thiocarbonyl (C=S) groups is 1. The Morgan fingerprint density at radius 1 is 1.20 bits per heavy atom. The van der Waals surface area contributed by atoms with Crippen LogP contribution in [0.3, 0.4) is 0 Å². The number of hydrogen-bond acceptors (Lipinski definition) is 4. The van der Waals surface area contributed by atoms with E-state index >= 15 is 0 Å². The van der Waals surface area contributed by atoms with Gasteiger partial charge >= 0.3 is 0 Å². The smallest absolute Gasteiger partial charge is 0.294 e. The lowest BCUT2D eigenvalue weighted by molar-refractivity contribution is -0.383. The van der Waals surface area contributed by atoms with Crippen molar-refractivity contribution in [1.29, 1.82) is 0 Å². The van der Waals surface area contributed by atoms with Gasteiger partial charge in [-0.3, -0.25) is 20.2 Å². The molecule has 0 saturated heterocycles. The van der Waals surface area contributed by atoms with E-state index in [4.69, 9.17) is 23.8 Å². The molecule has 0 radical (unpaired) electrons.